The van der Waals surface area contributed by atoms with Crippen molar-refractivity contribution in [2.24, 2.45) is 5.73 Å². The summed E-state index contributed by atoms with van der Waals surface area (Å²) in [4.78, 5) is 2.32. The van der Waals surface area contributed by atoms with Crippen molar-refractivity contribution in [2.75, 3.05) is 26.9 Å². The first-order valence-corrected chi connectivity index (χ1v) is 7.49. The van der Waals surface area contributed by atoms with Crippen LogP contribution in [0.15, 0.2) is 24.0 Å². The number of ether oxygens (including phenoxy) is 2. The van der Waals surface area contributed by atoms with E-state index in [0.29, 0.717) is 23.9 Å². The average molecular weight is 310 g/mol. The molecular formula is C15H20ClN3O2. The Morgan fingerprint density at radius 2 is 2.38 bits per heavy atom. The van der Waals surface area contributed by atoms with Crippen LogP contribution in [0.3, 0.4) is 0 Å². The van der Waals surface area contributed by atoms with E-state index in [1.54, 1.807) is 13.2 Å². The second-order valence-corrected chi connectivity index (χ2v) is 5.71. The summed E-state index contributed by atoms with van der Waals surface area (Å²) in [5.74, 6) is 1.52. The first kappa shape index (κ1) is 14.4. The van der Waals surface area contributed by atoms with E-state index in [2.05, 4.69) is 10.2 Å². The summed E-state index contributed by atoms with van der Waals surface area (Å²) in [5.41, 5.74) is 8.01. The maximum absolute atomic E-state index is 6.16. The molecule has 0 aliphatic carbocycles. The monoisotopic (exact) mass is 309 g/mol. The Kier molecular flexibility index (Phi) is 4.12. The number of nitrogens with two attached hydrogens (primary N) is 1. The molecule has 0 saturated carbocycles. The van der Waals surface area contributed by atoms with Crippen LogP contribution in [-0.2, 0) is 6.42 Å². The summed E-state index contributed by atoms with van der Waals surface area (Å²) in [6.45, 7) is 2.08. The van der Waals surface area contributed by atoms with E-state index in [0.717, 1.165) is 30.8 Å². The fourth-order valence-corrected chi connectivity index (χ4v) is 3.19. The molecule has 2 aliphatic heterocycles. The van der Waals surface area contributed by atoms with E-state index in [1.807, 2.05) is 12.3 Å². The normalized spacial score (nSPS) is 20.4. The van der Waals surface area contributed by atoms with Gasteiger partial charge in [-0.2, -0.15) is 0 Å². The van der Waals surface area contributed by atoms with Crippen LogP contribution in [0.5, 0.6) is 11.5 Å². The number of nitrogens with zero attached hydrogens (tertiary/aromatic N) is 1. The lowest BCUT2D eigenvalue weighted by Crippen LogP contribution is -2.43. The lowest BCUT2D eigenvalue weighted by molar-refractivity contribution is 0.148. The molecule has 0 spiro atoms. The summed E-state index contributed by atoms with van der Waals surface area (Å²) >= 11 is 6.16. The van der Waals surface area contributed by atoms with Crippen LogP contribution in [0, 0.1) is 0 Å². The molecule has 1 aromatic rings. The molecule has 0 aromatic heterocycles. The minimum Gasteiger partial charge on any atom is -0.493 e. The summed E-state index contributed by atoms with van der Waals surface area (Å²) in [6, 6.07) is 4.03. The molecular weight excluding hydrogens is 290 g/mol. The number of halogens is 1. The number of fused-ring (bicyclic) bond motifs is 1. The number of rotatable bonds is 4. The zero-order chi connectivity index (χ0) is 14.8. The molecule has 1 atom stereocenters. The highest BCUT2D eigenvalue weighted by Crippen LogP contribution is 2.39. The number of methoxy groups -OCH3 is 1. The minimum atomic E-state index is 0.286. The molecule has 6 heteroatoms. The second kappa shape index (κ2) is 6.03. The molecule has 3 rings (SSSR count). The largest absolute Gasteiger partial charge is 0.493 e. The van der Waals surface area contributed by atoms with Gasteiger partial charge in [-0.1, -0.05) is 11.6 Å². The quantitative estimate of drug-likeness (QED) is 0.886. The summed E-state index contributed by atoms with van der Waals surface area (Å²) in [6.07, 6.45) is 3.80. The topological polar surface area (TPSA) is 59.8 Å². The highest BCUT2D eigenvalue weighted by Gasteiger charge is 2.30. The van der Waals surface area contributed by atoms with E-state index < -0.39 is 0 Å². The molecule has 0 bridgehead atoms. The molecule has 0 fully saturated rings. The van der Waals surface area contributed by atoms with E-state index in [-0.39, 0.29) is 6.04 Å². The Hall–Kier alpha value is -1.59. The first-order chi connectivity index (χ1) is 10.2. The molecule has 3 N–H and O–H groups in total. The maximum atomic E-state index is 6.16. The van der Waals surface area contributed by atoms with Gasteiger partial charge in [-0.15, -0.1) is 0 Å². The van der Waals surface area contributed by atoms with Crippen molar-refractivity contribution < 1.29 is 9.47 Å². The van der Waals surface area contributed by atoms with Crippen molar-refractivity contribution in [2.45, 2.75) is 18.9 Å². The van der Waals surface area contributed by atoms with Crippen LogP contribution >= 0.6 is 11.6 Å². The highest BCUT2D eigenvalue weighted by molar-refractivity contribution is 6.30. The Labute approximate surface area is 129 Å². The molecule has 114 valence electrons. The second-order valence-electron chi connectivity index (χ2n) is 5.27. The highest BCUT2D eigenvalue weighted by atomic mass is 35.5. The van der Waals surface area contributed by atoms with Crippen molar-refractivity contribution in [3.05, 3.63) is 34.6 Å². The van der Waals surface area contributed by atoms with E-state index in [9.17, 15) is 0 Å². The van der Waals surface area contributed by atoms with Crippen LogP contribution in [0.25, 0.3) is 0 Å². The number of hydrogen-bond acceptors (Lipinski definition) is 5. The van der Waals surface area contributed by atoms with E-state index in [1.165, 1.54) is 5.70 Å². The van der Waals surface area contributed by atoms with Gasteiger partial charge in [0.1, 0.15) is 6.61 Å². The van der Waals surface area contributed by atoms with Crippen molar-refractivity contribution in [1.29, 1.82) is 0 Å². The predicted molar refractivity (Wildman–Crippen MR) is 82.6 cm³/mol. The number of nitrogens with one attached hydrogen (secondary N) is 1. The van der Waals surface area contributed by atoms with Crippen LogP contribution in [0.1, 0.15) is 12.0 Å². The lowest BCUT2D eigenvalue weighted by Gasteiger charge is -2.35. The third-order valence-electron chi connectivity index (χ3n) is 3.93. The minimum absolute atomic E-state index is 0.286. The van der Waals surface area contributed by atoms with Crippen molar-refractivity contribution >= 4 is 11.6 Å². The predicted octanol–water partition coefficient (Wildman–Crippen LogP) is 1.70. The molecule has 1 aromatic carbocycles. The van der Waals surface area contributed by atoms with Crippen LogP contribution in [-0.4, -0.2) is 37.9 Å². The van der Waals surface area contributed by atoms with Gasteiger partial charge in [-0.25, -0.2) is 0 Å². The standard InChI is InChI=1S/C15H20ClN3O2/c1-20-14-6-11(16)4-10-5-13(8-21-15(10)14)19-9-18-7-12(19)2-3-17/h4,6-7,13,18H,2-3,5,8-9,17H2,1H3/t13-/m1/s1. The molecule has 0 unspecified atom stereocenters. The SMILES string of the molecule is COc1cc(Cl)cc2c1OC[C@H](N1CNC=C1CCN)C2. The zero-order valence-electron chi connectivity index (χ0n) is 12.1. The van der Waals surface area contributed by atoms with Gasteiger partial charge in [0, 0.05) is 35.0 Å². The fourth-order valence-electron chi connectivity index (χ4n) is 2.96. The van der Waals surface area contributed by atoms with Crippen molar-refractivity contribution in [1.82, 2.24) is 10.2 Å². The number of benzene rings is 1. The van der Waals surface area contributed by atoms with Gasteiger partial charge >= 0.3 is 0 Å². The Balaban J connectivity index is 1.81. The van der Waals surface area contributed by atoms with Crippen LogP contribution in [0.2, 0.25) is 5.02 Å². The summed E-state index contributed by atoms with van der Waals surface area (Å²) < 4.78 is 11.3. The lowest BCUT2D eigenvalue weighted by atomic mass is 10.0. The van der Waals surface area contributed by atoms with Gasteiger partial charge < -0.3 is 25.4 Å². The Morgan fingerprint density at radius 3 is 3.14 bits per heavy atom. The molecule has 0 amide bonds. The Bertz CT molecular complexity index is 562. The average Bonchev–Trinajstić information content (AvgIpc) is 2.94. The van der Waals surface area contributed by atoms with Crippen LogP contribution < -0.4 is 20.5 Å². The number of hydrogen-bond donors (Lipinski definition) is 2. The van der Waals surface area contributed by atoms with Gasteiger partial charge in [0.05, 0.1) is 19.8 Å². The first-order valence-electron chi connectivity index (χ1n) is 7.11. The third kappa shape index (κ3) is 2.76. The Morgan fingerprint density at radius 1 is 1.52 bits per heavy atom. The van der Waals surface area contributed by atoms with Gasteiger partial charge in [-0.05, 0) is 19.0 Å². The van der Waals surface area contributed by atoms with E-state index >= 15 is 0 Å². The fraction of sp³-hybridized carbons (Fsp3) is 0.467. The van der Waals surface area contributed by atoms with Crippen molar-refractivity contribution in [3.63, 3.8) is 0 Å². The molecule has 0 saturated heterocycles. The molecule has 2 aliphatic rings. The van der Waals surface area contributed by atoms with Gasteiger partial charge in [0.25, 0.3) is 0 Å². The third-order valence-corrected chi connectivity index (χ3v) is 4.15. The van der Waals surface area contributed by atoms with Gasteiger partial charge in [0.15, 0.2) is 11.5 Å². The van der Waals surface area contributed by atoms with Gasteiger partial charge in [0.2, 0.25) is 0 Å². The summed E-state index contributed by atoms with van der Waals surface area (Å²) in [7, 11) is 1.63. The molecule has 21 heavy (non-hydrogen) atoms. The molecule has 0 radical (unpaired) electrons. The summed E-state index contributed by atoms with van der Waals surface area (Å²) in [5, 5.41) is 3.94. The van der Waals surface area contributed by atoms with Crippen molar-refractivity contribution in [3.8, 4) is 11.5 Å². The van der Waals surface area contributed by atoms with Gasteiger partial charge in [-0.3, -0.25) is 0 Å². The zero-order valence-corrected chi connectivity index (χ0v) is 12.8. The van der Waals surface area contributed by atoms with E-state index in [4.69, 9.17) is 26.8 Å². The molecule has 5 nitrogen and oxygen atoms in total. The van der Waals surface area contributed by atoms with Crippen LogP contribution in [0.4, 0.5) is 0 Å². The maximum Gasteiger partial charge on any atom is 0.164 e. The molecule has 2 heterocycles. The smallest absolute Gasteiger partial charge is 0.164 e.